The zero-order valence-electron chi connectivity index (χ0n) is 26.2. The van der Waals surface area contributed by atoms with E-state index >= 15 is 0 Å². The number of hydrogen-bond donors (Lipinski definition) is 2. The van der Waals surface area contributed by atoms with Gasteiger partial charge in [0.05, 0.1) is 12.2 Å². The lowest BCUT2D eigenvalue weighted by Gasteiger charge is -2.38. The summed E-state index contributed by atoms with van der Waals surface area (Å²) in [6, 6.07) is 10.9. The molecule has 44 heavy (non-hydrogen) atoms. The van der Waals surface area contributed by atoms with Gasteiger partial charge < -0.3 is 20.2 Å². The normalized spacial score (nSPS) is 21.2. The van der Waals surface area contributed by atoms with Gasteiger partial charge in [-0.2, -0.15) is 4.98 Å². The van der Waals surface area contributed by atoms with Crippen molar-refractivity contribution in [3.05, 3.63) is 76.4 Å². The minimum Gasteiger partial charge on any atom is -0.383 e. The van der Waals surface area contributed by atoms with Gasteiger partial charge in [-0.15, -0.1) is 6.58 Å². The lowest BCUT2D eigenvalue weighted by molar-refractivity contribution is -0.0371. The number of allylic oxidation sites excluding steroid dienone is 1. The largest absolute Gasteiger partial charge is 0.383 e. The second kappa shape index (κ2) is 10.6. The van der Waals surface area contributed by atoms with E-state index in [0.29, 0.717) is 34.5 Å². The van der Waals surface area contributed by atoms with Crippen molar-refractivity contribution < 1.29 is 5.11 Å². The number of nitrogens with one attached hydrogen (secondary N) is 1. The molecule has 4 heterocycles. The highest BCUT2D eigenvalue weighted by molar-refractivity contribution is 5.77. The Morgan fingerprint density at radius 3 is 2.59 bits per heavy atom. The minimum atomic E-state index is -1.02. The SMILES string of the molecule is C=CCn1c(=O)c2cnc(Nc3ccc(N4CCC(N(C)C)CC4)c(C)c3)nc2n1-c1ccc2c(n1)C(C)(O)C1(CC2)CC1. The molecule has 0 amide bonds. The molecule has 10 nitrogen and oxygen atoms in total. The number of aliphatic hydroxyl groups is 1. The number of piperidine rings is 1. The third-order valence-corrected chi connectivity index (χ3v) is 10.4. The second-order valence-corrected chi connectivity index (χ2v) is 13.3. The molecule has 230 valence electrons. The Balaban J connectivity index is 1.22. The number of rotatable bonds is 7. The molecule has 2 N–H and O–H groups in total. The molecular weight excluding hydrogens is 552 g/mol. The van der Waals surface area contributed by atoms with Gasteiger partial charge in [-0.1, -0.05) is 12.1 Å². The molecule has 2 aliphatic carbocycles. The van der Waals surface area contributed by atoms with Crippen molar-refractivity contribution in [3.8, 4) is 5.82 Å². The Labute approximate surface area is 258 Å². The van der Waals surface area contributed by atoms with Gasteiger partial charge in [-0.3, -0.25) is 4.79 Å². The van der Waals surface area contributed by atoms with Crippen molar-refractivity contribution in [2.24, 2.45) is 5.41 Å². The number of hydrogen-bond acceptors (Lipinski definition) is 8. The van der Waals surface area contributed by atoms with Gasteiger partial charge in [0, 0.05) is 42.1 Å². The Morgan fingerprint density at radius 2 is 1.91 bits per heavy atom. The molecule has 1 aliphatic heterocycles. The Kier molecular flexibility index (Phi) is 6.89. The third kappa shape index (κ3) is 4.62. The van der Waals surface area contributed by atoms with Gasteiger partial charge in [-0.05, 0) is 102 Å². The summed E-state index contributed by atoms with van der Waals surface area (Å²) in [7, 11) is 4.33. The molecule has 1 aromatic carbocycles. The smallest absolute Gasteiger partial charge is 0.278 e. The van der Waals surface area contributed by atoms with E-state index in [1.807, 2.05) is 19.1 Å². The highest BCUT2D eigenvalue weighted by Gasteiger charge is 2.59. The summed E-state index contributed by atoms with van der Waals surface area (Å²) in [5, 5.41) is 15.4. The van der Waals surface area contributed by atoms with Crippen molar-refractivity contribution in [1.82, 2.24) is 29.2 Å². The van der Waals surface area contributed by atoms with Crippen molar-refractivity contribution in [1.29, 1.82) is 0 Å². The van der Waals surface area contributed by atoms with Crippen LogP contribution in [0.2, 0.25) is 0 Å². The molecule has 0 bridgehead atoms. The quantitative estimate of drug-likeness (QED) is 0.298. The highest BCUT2D eigenvalue weighted by Crippen LogP contribution is 2.63. The zero-order valence-corrected chi connectivity index (χ0v) is 26.2. The van der Waals surface area contributed by atoms with Crippen molar-refractivity contribution in [2.75, 3.05) is 37.4 Å². The van der Waals surface area contributed by atoms with E-state index in [2.05, 4.69) is 65.9 Å². The van der Waals surface area contributed by atoms with E-state index in [4.69, 9.17) is 9.97 Å². The maximum absolute atomic E-state index is 13.5. The zero-order chi connectivity index (χ0) is 30.8. The first kappa shape index (κ1) is 28.7. The van der Waals surface area contributed by atoms with Gasteiger partial charge in [0.2, 0.25) is 5.95 Å². The number of pyridine rings is 1. The van der Waals surface area contributed by atoms with E-state index in [9.17, 15) is 9.90 Å². The first-order chi connectivity index (χ1) is 21.1. The average molecular weight is 595 g/mol. The molecule has 3 aliphatic rings. The van der Waals surface area contributed by atoms with Crippen LogP contribution in [0, 0.1) is 12.3 Å². The second-order valence-electron chi connectivity index (χ2n) is 13.3. The first-order valence-corrected chi connectivity index (χ1v) is 15.7. The summed E-state index contributed by atoms with van der Waals surface area (Å²) < 4.78 is 3.32. The number of benzene rings is 1. The van der Waals surface area contributed by atoms with Crippen molar-refractivity contribution in [2.45, 2.75) is 70.6 Å². The van der Waals surface area contributed by atoms with E-state index in [1.165, 1.54) is 11.3 Å². The first-order valence-electron chi connectivity index (χ1n) is 15.7. The van der Waals surface area contributed by atoms with Crippen LogP contribution in [-0.2, 0) is 18.6 Å². The van der Waals surface area contributed by atoms with Gasteiger partial charge >= 0.3 is 0 Å². The topological polar surface area (TPSA) is 104 Å². The number of aromatic nitrogens is 5. The molecule has 1 spiro atoms. The summed E-state index contributed by atoms with van der Waals surface area (Å²) in [6.07, 6.45) is 9.47. The van der Waals surface area contributed by atoms with Crippen LogP contribution < -0.4 is 15.8 Å². The van der Waals surface area contributed by atoms with Crippen LogP contribution in [0.4, 0.5) is 17.3 Å². The fourth-order valence-corrected chi connectivity index (χ4v) is 7.42. The van der Waals surface area contributed by atoms with Crippen molar-refractivity contribution >= 4 is 28.4 Å². The molecule has 0 radical (unpaired) electrons. The number of nitrogens with zero attached hydrogens (tertiary/aromatic N) is 7. The van der Waals surface area contributed by atoms with E-state index in [-0.39, 0.29) is 17.5 Å². The van der Waals surface area contributed by atoms with Crippen LogP contribution in [0.3, 0.4) is 0 Å². The monoisotopic (exact) mass is 594 g/mol. The maximum atomic E-state index is 13.5. The van der Waals surface area contributed by atoms with Gasteiger partial charge in [0.1, 0.15) is 11.0 Å². The van der Waals surface area contributed by atoms with E-state index < -0.39 is 5.60 Å². The molecule has 1 unspecified atom stereocenters. The van der Waals surface area contributed by atoms with Crippen LogP contribution in [0.1, 0.15) is 55.8 Å². The lowest BCUT2D eigenvalue weighted by Crippen LogP contribution is -2.42. The molecule has 4 aromatic rings. The van der Waals surface area contributed by atoms with Crippen LogP contribution in [-0.4, -0.2) is 67.5 Å². The molecule has 10 heteroatoms. The van der Waals surface area contributed by atoms with Crippen LogP contribution in [0.5, 0.6) is 0 Å². The minimum absolute atomic E-state index is 0.0965. The summed E-state index contributed by atoms with van der Waals surface area (Å²) in [4.78, 5) is 32.7. The maximum Gasteiger partial charge on any atom is 0.278 e. The van der Waals surface area contributed by atoms with E-state index in [0.717, 1.165) is 62.9 Å². The van der Waals surface area contributed by atoms with Crippen molar-refractivity contribution in [3.63, 3.8) is 0 Å². The number of anilines is 3. The molecular formula is C34H42N8O2. The van der Waals surface area contributed by atoms with Gasteiger partial charge in [-0.25, -0.2) is 19.3 Å². The molecule has 1 atom stereocenters. The molecule has 7 rings (SSSR count). The van der Waals surface area contributed by atoms with Crippen LogP contribution in [0.25, 0.3) is 16.9 Å². The molecule has 2 fully saturated rings. The fraction of sp³-hybridized carbons (Fsp3) is 0.471. The summed E-state index contributed by atoms with van der Waals surface area (Å²) in [5.74, 6) is 0.932. The number of fused-ring (bicyclic) bond motifs is 2. The van der Waals surface area contributed by atoms with Gasteiger partial charge in [0.25, 0.3) is 5.56 Å². The predicted molar refractivity (Wildman–Crippen MR) is 174 cm³/mol. The summed E-state index contributed by atoms with van der Waals surface area (Å²) in [6.45, 7) is 10.3. The lowest BCUT2D eigenvalue weighted by atomic mass is 9.72. The molecule has 1 saturated heterocycles. The fourth-order valence-electron chi connectivity index (χ4n) is 7.42. The molecule has 1 saturated carbocycles. The predicted octanol–water partition coefficient (Wildman–Crippen LogP) is 4.68. The standard InChI is InChI=1S/C34H42N8O2/c1-6-17-41-31(43)26-21-35-32(36-24-8-9-27(22(2)20-24)40-18-12-25(13-19-40)39(4)5)38-30(26)42(41)28-10-7-23-11-14-34(15-16-34)33(3,44)29(23)37-28/h6-10,20-21,25,44H,1,11-19H2,2-5H3,(H,35,36,38). The summed E-state index contributed by atoms with van der Waals surface area (Å²) >= 11 is 0. The number of aryl methyl sites for hydroxylation is 2. The third-order valence-electron chi connectivity index (χ3n) is 10.4. The highest BCUT2D eigenvalue weighted by atomic mass is 16.3. The summed E-state index contributed by atoms with van der Waals surface area (Å²) in [5.41, 5.74) is 4.21. The van der Waals surface area contributed by atoms with Crippen LogP contribution in [0.15, 0.2) is 54.0 Å². The Morgan fingerprint density at radius 1 is 1.14 bits per heavy atom. The Bertz CT molecular complexity index is 1810. The average Bonchev–Trinajstić information content (AvgIpc) is 3.76. The van der Waals surface area contributed by atoms with Crippen LogP contribution >= 0.6 is 0 Å². The van der Waals surface area contributed by atoms with Gasteiger partial charge in [0.15, 0.2) is 11.5 Å². The van der Waals surface area contributed by atoms with E-state index in [1.54, 1.807) is 21.6 Å². The Hall–Kier alpha value is -4.02. The molecule has 3 aromatic heterocycles.